The Bertz CT molecular complexity index is 887. The van der Waals surface area contributed by atoms with Gasteiger partial charge in [0.25, 0.3) is 0 Å². The number of likely N-dealkylation sites (tertiary alicyclic amines) is 1. The predicted molar refractivity (Wildman–Crippen MR) is 112 cm³/mol. The number of rotatable bonds is 6. The fraction of sp³-hybridized carbons (Fsp3) is 0.391. The highest BCUT2D eigenvalue weighted by Crippen LogP contribution is 2.29. The number of amides is 3. The molecule has 1 aliphatic rings. The van der Waals surface area contributed by atoms with Crippen molar-refractivity contribution in [3.63, 3.8) is 0 Å². The van der Waals surface area contributed by atoms with E-state index in [0.29, 0.717) is 25.1 Å². The number of hydrogen-bond acceptors (Lipinski definition) is 2. The highest BCUT2D eigenvalue weighted by Gasteiger charge is 2.30. The summed E-state index contributed by atoms with van der Waals surface area (Å²) in [6.07, 6.45) is -1.68. The van der Waals surface area contributed by atoms with Crippen molar-refractivity contribution in [2.24, 2.45) is 5.92 Å². The molecule has 5 nitrogen and oxygen atoms in total. The topological polar surface area (TPSA) is 61.4 Å². The molecule has 31 heavy (non-hydrogen) atoms. The SMILES string of the molecule is O=C(CC[C@H]1CCCN(C(=O)Nc2ccccc2)C1)NCc1cccc(C(F)(F)F)c1. The van der Waals surface area contributed by atoms with Crippen LogP contribution in [0.1, 0.15) is 36.8 Å². The molecule has 0 saturated carbocycles. The van der Waals surface area contributed by atoms with Crippen LogP contribution >= 0.6 is 0 Å². The molecule has 0 spiro atoms. The molecular weight excluding hydrogens is 407 g/mol. The Morgan fingerprint density at radius 2 is 1.84 bits per heavy atom. The van der Waals surface area contributed by atoms with E-state index >= 15 is 0 Å². The first-order valence-electron chi connectivity index (χ1n) is 10.3. The molecule has 3 amide bonds. The van der Waals surface area contributed by atoms with E-state index in [1.165, 1.54) is 6.07 Å². The molecule has 3 rings (SSSR count). The van der Waals surface area contributed by atoms with Gasteiger partial charge in [0.05, 0.1) is 5.56 Å². The Morgan fingerprint density at radius 3 is 2.58 bits per heavy atom. The monoisotopic (exact) mass is 433 g/mol. The lowest BCUT2D eigenvalue weighted by Crippen LogP contribution is -2.42. The van der Waals surface area contributed by atoms with Gasteiger partial charge in [0.2, 0.25) is 5.91 Å². The smallest absolute Gasteiger partial charge is 0.352 e. The van der Waals surface area contributed by atoms with Crippen LogP contribution in [-0.4, -0.2) is 29.9 Å². The van der Waals surface area contributed by atoms with Crippen molar-refractivity contribution < 1.29 is 22.8 Å². The van der Waals surface area contributed by atoms with Crippen LogP contribution in [0.3, 0.4) is 0 Å². The molecule has 1 aliphatic heterocycles. The molecule has 1 atom stereocenters. The largest absolute Gasteiger partial charge is 0.416 e. The third-order valence-electron chi connectivity index (χ3n) is 5.35. The lowest BCUT2D eigenvalue weighted by molar-refractivity contribution is -0.137. The summed E-state index contributed by atoms with van der Waals surface area (Å²) in [4.78, 5) is 26.4. The number of hydrogen-bond donors (Lipinski definition) is 2. The van der Waals surface area contributed by atoms with Crippen molar-refractivity contribution in [1.82, 2.24) is 10.2 Å². The number of benzene rings is 2. The molecule has 0 aromatic heterocycles. The Labute approximate surface area is 179 Å². The summed E-state index contributed by atoms with van der Waals surface area (Å²) in [5.41, 5.74) is 0.420. The van der Waals surface area contributed by atoms with Crippen LogP contribution in [0, 0.1) is 5.92 Å². The number of halogens is 3. The van der Waals surface area contributed by atoms with Crippen molar-refractivity contribution in [2.75, 3.05) is 18.4 Å². The van der Waals surface area contributed by atoms with Crippen molar-refractivity contribution in [3.8, 4) is 0 Å². The van der Waals surface area contributed by atoms with Gasteiger partial charge in [-0.05, 0) is 55.0 Å². The van der Waals surface area contributed by atoms with E-state index in [2.05, 4.69) is 10.6 Å². The third kappa shape index (κ3) is 7.01. The number of carbonyl (C=O) groups excluding carboxylic acids is 2. The number of urea groups is 1. The van der Waals surface area contributed by atoms with Gasteiger partial charge in [-0.25, -0.2) is 4.79 Å². The van der Waals surface area contributed by atoms with E-state index < -0.39 is 11.7 Å². The van der Waals surface area contributed by atoms with Crippen LogP contribution in [-0.2, 0) is 17.5 Å². The molecule has 1 fully saturated rings. The quantitative estimate of drug-likeness (QED) is 0.670. The van der Waals surface area contributed by atoms with Crippen LogP contribution in [0.5, 0.6) is 0 Å². The fourth-order valence-corrected chi connectivity index (χ4v) is 3.69. The average molecular weight is 433 g/mol. The molecule has 166 valence electrons. The second-order valence-electron chi connectivity index (χ2n) is 7.76. The first kappa shape index (κ1) is 22.7. The maximum atomic E-state index is 12.8. The van der Waals surface area contributed by atoms with Gasteiger partial charge >= 0.3 is 12.2 Å². The van der Waals surface area contributed by atoms with Gasteiger partial charge < -0.3 is 15.5 Å². The van der Waals surface area contributed by atoms with E-state index in [-0.39, 0.29) is 30.8 Å². The van der Waals surface area contributed by atoms with Gasteiger partial charge in [0.15, 0.2) is 0 Å². The van der Waals surface area contributed by atoms with Crippen molar-refractivity contribution in [3.05, 3.63) is 65.7 Å². The number of para-hydroxylation sites is 1. The molecule has 0 bridgehead atoms. The van der Waals surface area contributed by atoms with Gasteiger partial charge in [0, 0.05) is 31.7 Å². The Hall–Kier alpha value is -3.03. The van der Waals surface area contributed by atoms with Crippen molar-refractivity contribution in [2.45, 2.75) is 38.4 Å². The van der Waals surface area contributed by atoms with Gasteiger partial charge in [0.1, 0.15) is 0 Å². The Morgan fingerprint density at radius 1 is 1.06 bits per heavy atom. The standard InChI is InChI=1S/C23H26F3N3O2/c24-23(25,26)19-8-4-6-18(14-19)15-27-21(30)12-11-17-7-5-13-29(16-17)22(31)28-20-9-2-1-3-10-20/h1-4,6,8-10,14,17H,5,7,11-13,15-16H2,(H,27,30)(H,28,31)/t17-/m1/s1. The summed E-state index contributed by atoms with van der Waals surface area (Å²) in [7, 11) is 0. The molecule has 0 radical (unpaired) electrons. The summed E-state index contributed by atoms with van der Waals surface area (Å²) in [6.45, 7) is 1.31. The Balaban J connectivity index is 1.42. The summed E-state index contributed by atoms with van der Waals surface area (Å²) in [5.74, 6) is 0.0119. The number of carbonyl (C=O) groups is 2. The predicted octanol–water partition coefficient (Wildman–Crippen LogP) is 5.05. The molecule has 1 heterocycles. The molecule has 0 unspecified atom stereocenters. The van der Waals surface area contributed by atoms with E-state index in [1.54, 1.807) is 11.0 Å². The number of anilines is 1. The molecule has 2 N–H and O–H groups in total. The highest BCUT2D eigenvalue weighted by molar-refractivity contribution is 5.89. The lowest BCUT2D eigenvalue weighted by atomic mass is 9.93. The minimum atomic E-state index is -4.40. The van der Waals surface area contributed by atoms with E-state index in [1.807, 2.05) is 30.3 Å². The van der Waals surface area contributed by atoms with Crippen LogP contribution in [0.15, 0.2) is 54.6 Å². The van der Waals surface area contributed by atoms with Gasteiger partial charge in [-0.3, -0.25) is 4.79 Å². The van der Waals surface area contributed by atoms with Gasteiger partial charge in [-0.15, -0.1) is 0 Å². The maximum Gasteiger partial charge on any atom is 0.416 e. The molecular formula is C23H26F3N3O2. The molecule has 2 aromatic rings. The van der Waals surface area contributed by atoms with E-state index in [9.17, 15) is 22.8 Å². The number of alkyl halides is 3. The van der Waals surface area contributed by atoms with Crippen LogP contribution in [0.2, 0.25) is 0 Å². The minimum absolute atomic E-state index is 0.0546. The number of piperidine rings is 1. The lowest BCUT2D eigenvalue weighted by Gasteiger charge is -2.32. The number of nitrogens with zero attached hydrogens (tertiary/aromatic N) is 1. The summed E-state index contributed by atoms with van der Waals surface area (Å²) in [5, 5.41) is 5.56. The normalized spacial score (nSPS) is 16.6. The molecule has 2 aromatic carbocycles. The second-order valence-corrected chi connectivity index (χ2v) is 7.76. The second kappa shape index (κ2) is 10.3. The zero-order chi connectivity index (χ0) is 22.3. The highest BCUT2D eigenvalue weighted by atomic mass is 19.4. The fourth-order valence-electron chi connectivity index (χ4n) is 3.69. The first-order valence-corrected chi connectivity index (χ1v) is 10.3. The maximum absolute atomic E-state index is 12.8. The minimum Gasteiger partial charge on any atom is -0.352 e. The van der Waals surface area contributed by atoms with Gasteiger partial charge in [-0.1, -0.05) is 30.3 Å². The molecule has 8 heteroatoms. The van der Waals surface area contributed by atoms with Crippen molar-refractivity contribution in [1.29, 1.82) is 0 Å². The molecule has 0 aliphatic carbocycles. The summed E-state index contributed by atoms with van der Waals surface area (Å²) >= 11 is 0. The Kier molecular flexibility index (Phi) is 7.55. The van der Waals surface area contributed by atoms with E-state index in [4.69, 9.17) is 0 Å². The number of nitrogens with one attached hydrogen (secondary N) is 2. The first-order chi connectivity index (χ1) is 14.8. The summed E-state index contributed by atoms with van der Waals surface area (Å²) < 4.78 is 38.4. The van der Waals surface area contributed by atoms with Gasteiger partial charge in [-0.2, -0.15) is 13.2 Å². The van der Waals surface area contributed by atoms with Crippen LogP contribution in [0.25, 0.3) is 0 Å². The average Bonchev–Trinajstić information content (AvgIpc) is 2.77. The summed E-state index contributed by atoms with van der Waals surface area (Å²) in [6, 6.07) is 14.0. The zero-order valence-electron chi connectivity index (χ0n) is 17.1. The zero-order valence-corrected chi connectivity index (χ0v) is 17.1. The van der Waals surface area contributed by atoms with Crippen molar-refractivity contribution >= 4 is 17.6 Å². The third-order valence-corrected chi connectivity index (χ3v) is 5.35. The van der Waals surface area contributed by atoms with E-state index in [0.717, 1.165) is 30.7 Å². The van der Waals surface area contributed by atoms with Crippen LogP contribution < -0.4 is 10.6 Å². The van der Waals surface area contributed by atoms with Crippen LogP contribution in [0.4, 0.5) is 23.7 Å². The molecule has 1 saturated heterocycles.